The van der Waals surface area contributed by atoms with Crippen LogP contribution < -0.4 is 11.1 Å². The molecule has 0 bridgehead atoms. The van der Waals surface area contributed by atoms with E-state index in [1.807, 2.05) is 31.2 Å². The van der Waals surface area contributed by atoms with Gasteiger partial charge in [0.1, 0.15) is 16.6 Å². The average Bonchev–Trinajstić information content (AvgIpc) is 2.41. The van der Waals surface area contributed by atoms with E-state index in [2.05, 4.69) is 10.3 Å². The molecule has 1 heterocycles. The highest BCUT2D eigenvalue weighted by Gasteiger charge is 2.06. The van der Waals surface area contributed by atoms with Gasteiger partial charge in [0.25, 0.3) is 0 Å². The van der Waals surface area contributed by atoms with Crippen LogP contribution in [0.15, 0.2) is 36.4 Å². The fraction of sp³-hybridized carbons (Fsp3) is 0.200. The molecule has 104 valence electrons. The molecule has 2 aromatic rings. The highest BCUT2D eigenvalue weighted by molar-refractivity contribution is 7.80. The summed E-state index contributed by atoms with van der Waals surface area (Å²) in [6.45, 7) is 2.64. The quantitative estimate of drug-likeness (QED) is 0.737. The molecule has 2 rings (SSSR count). The minimum atomic E-state index is 0.276. The first kappa shape index (κ1) is 14.3. The first-order chi connectivity index (χ1) is 9.56. The maximum atomic E-state index is 9.23. The SMILES string of the molecule is Cc1ccc(C(N)=S)c(NCCc2ccc(O)cc2)n1. The van der Waals surface area contributed by atoms with Gasteiger partial charge in [-0.2, -0.15) is 0 Å². The molecular formula is C15H17N3OS. The number of phenolic OH excluding ortho intramolecular Hbond substituents is 1. The second-order valence-corrected chi connectivity index (χ2v) is 5.00. The van der Waals surface area contributed by atoms with Crippen LogP contribution in [0.3, 0.4) is 0 Å². The molecule has 1 aromatic heterocycles. The zero-order valence-corrected chi connectivity index (χ0v) is 12.1. The number of aromatic nitrogens is 1. The number of aryl methyl sites for hydroxylation is 1. The number of hydrogen-bond donors (Lipinski definition) is 3. The van der Waals surface area contributed by atoms with E-state index in [1.165, 1.54) is 0 Å². The summed E-state index contributed by atoms with van der Waals surface area (Å²) < 4.78 is 0. The molecule has 4 nitrogen and oxygen atoms in total. The molecule has 0 amide bonds. The maximum absolute atomic E-state index is 9.23. The van der Waals surface area contributed by atoms with Gasteiger partial charge in [-0.15, -0.1) is 0 Å². The van der Waals surface area contributed by atoms with Gasteiger partial charge in [-0.25, -0.2) is 4.98 Å². The Bertz CT molecular complexity index is 611. The minimum absolute atomic E-state index is 0.276. The summed E-state index contributed by atoms with van der Waals surface area (Å²) in [5, 5.41) is 12.5. The molecule has 0 saturated heterocycles. The summed E-state index contributed by atoms with van der Waals surface area (Å²) >= 11 is 5.02. The molecule has 0 unspecified atom stereocenters. The molecule has 0 fully saturated rings. The lowest BCUT2D eigenvalue weighted by Crippen LogP contribution is -2.16. The van der Waals surface area contributed by atoms with E-state index in [1.54, 1.807) is 12.1 Å². The first-order valence-electron chi connectivity index (χ1n) is 6.35. The minimum Gasteiger partial charge on any atom is -0.508 e. The maximum Gasteiger partial charge on any atom is 0.136 e. The lowest BCUT2D eigenvalue weighted by molar-refractivity contribution is 0.475. The van der Waals surface area contributed by atoms with Crippen LogP contribution in [0.4, 0.5) is 5.82 Å². The van der Waals surface area contributed by atoms with Crippen LogP contribution >= 0.6 is 12.2 Å². The lowest BCUT2D eigenvalue weighted by atomic mass is 10.1. The van der Waals surface area contributed by atoms with Gasteiger partial charge in [-0.1, -0.05) is 24.4 Å². The van der Waals surface area contributed by atoms with Crippen LogP contribution in [0.2, 0.25) is 0 Å². The van der Waals surface area contributed by atoms with E-state index < -0.39 is 0 Å². The van der Waals surface area contributed by atoms with E-state index in [9.17, 15) is 5.11 Å². The van der Waals surface area contributed by atoms with Gasteiger partial charge in [-0.05, 0) is 43.2 Å². The van der Waals surface area contributed by atoms with Gasteiger partial charge in [0.05, 0.1) is 5.56 Å². The summed E-state index contributed by atoms with van der Waals surface area (Å²) in [5.41, 5.74) is 8.50. The van der Waals surface area contributed by atoms with E-state index >= 15 is 0 Å². The predicted molar refractivity (Wildman–Crippen MR) is 85.2 cm³/mol. The molecule has 0 aliphatic carbocycles. The summed E-state index contributed by atoms with van der Waals surface area (Å²) in [6, 6.07) is 10.9. The normalized spacial score (nSPS) is 10.2. The van der Waals surface area contributed by atoms with Crippen molar-refractivity contribution in [1.29, 1.82) is 0 Å². The van der Waals surface area contributed by atoms with Crippen LogP contribution in [0.25, 0.3) is 0 Å². The van der Waals surface area contributed by atoms with Crippen molar-refractivity contribution in [2.24, 2.45) is 5.73 Å². The molecular weight excluding hydrogens is 270 g/mol. The van der Waals surface area contributed by atoms with Crippen molar-refractivity contribution in [2.45, 2.75) is 13.3 Å². The van der Waals surface area contributed by atoms with E-state index in [0.29, 0.717) is 4.99 Å². The van der Waals surface area contributed by atoms with Crippen LogP contribution in [0.1, 0.15) is 16.8 Å². The lowest BCUT2D eigenvalue weighted by Gasteiger charge is -2.11. The number of phenols is 1. The summed E-state index contributed by atoms with van der Waals surface area (Å²) in [7, 11) is 0. The van der Waals surface area contributed by atoms with Crippen molar-refractivity contribution in [1.82, 2.24) is 4.98 Å². The van der Waals surface area contributed by atoms with Gasteiger partial charge in [0.15, 0.2) is 0 Å². The van der Waals surface area contributed by atoms with Crippen LogP contribution in [-0.2, 0) is 6.42 Å². The van der Waals surface area contributed by atoms with Crippen molar-refractivity contribution in [3.05, 3.63) is 53.2 Å². The zero-order chi connectivity index (χ0) is 14.5. The number of hydrogen-bond acceptors (Lipinski definition) is 4. The topological polar surface area (TPSA) is 71.2 Å². The smallest absolute Gasteiger partial charge is 0.136 e. The Morgan fingerprint density at radius 3 is 2.60 bits per heavy atom. The molecule has 0 spiro atoms. The van der Waals surface area contributed by atoms with E-state index in [-0.39, 0.29) is 5.75 Å². The number of thiocarbonyl (C=S) groups is 1. The highest BCUT2D eigenvalue weighted by atomic mass is 32.1. The van der Waals surface area contributed by atoms with Crippen molar-refractivity contribution < 1.29 is 5.11 Å². The molecule has 0 aliphatic rings. The molecule has 0 saturated carbocycles. The van der Waals surface area contributed by atoms with Gasteiger partial charge < -0.3 is 16.2 Å². The highest BCUT2D eigenvalue weighted by Crippen LogP contribution is 2.14. The van der Waals surface area contributed by atoms with Crippen molar-refractivity contribution in [3.63, 3.8) is 0 Å². The second-order valence-electron chi connectivity index (χ2n) is 4.56. The number of rotatable bonds is 5. The van der Waals surface area contributed by atoms with E-state index in [0.717, 1.165) is 35.6 Å². The van der Waals surface area contributed by atoms with Gasteiger partial charge >= 0.3 is 0 Å². The van der Waals surface area contributed by atoms with Crippen LogP contribution in [0.5, 0.6) is 5.75 Å². The third-order valence-electron chi connectivity index (χ3n) is 2.94. The molecule has 5 heteroatoms. The number of aromatic hydroxyl groups is 1. The monoisotopic (exact) mass is 287 g/mol. The second kappa shape index (κ2) is 6.34. The van der Waals surface area contributed by atoms with Crippen molar-refractivity contribution in [3.8, 4) is 5.75 Å². The third-order valence-corrected chi connectivity index (χ3v) is 3.16. The van der Waals surface area contributed by atoms with Crippen molar-refractivity contribution in [2.75, 3.05) is 11.9 Å². The number of nitrogens with one attached hydrogen (secondary N) is 1. The average molecular weight is 287 g/mol. The Balaban J connectivity index is 2.02. The Hall–Kier alpha value is -2.14. The van der Waals surface area contributed by atoms with Gasteiger partial charge in [-0.3, -0.25) is 0 Å². The van der Waals surface area contributed by atoms with Crippen LogP contribution in [-0.4, -0.2) is 21.6 Å². The third kappa shape index (κ3) is 3.68. The van der Waals surface area contributed by atoms with Crippen molar-refractivity contribution >= 4 is 23.0 Å². The summed E-state index contributed by atoms with van der Waals surface area (Å²) in [4.78, 5) is 4.76. The number of nitrogens with zero attached hydrogens (tertiary/aromatic N) is 1. The number of pyridine rings is 1. The molecule has 0 aliphatic heterocycles. The summed E-state index contributed by atoms with van der Waals surface area (Å²) in [5.74, 6) is 0.995. The summed E-state index contributed by atoms with van der Waals surface area (Å²) in [6.07, 6.45) is 0.826. The molecule has 0 atom stereocenters. The Labute approximate surface area is 123 Å². The largest absolute Gasteiger partial charge is 0.508 e. The van der Waals surface area contributed by atoms with Gasteiger partial charge in [0.2, 0.25) is 0 Å². The first-order valence-corrected chi connectivity index (χ1v) is 6.76. The Morgan fingerprint density at radius 2 is 1.95 bits per heavy atom. The Morgan fingerprint density at radius 1 is 1.25 bits per heavy atom. The fourth-order valence-electron chi connectivity index (χ4n) is 1.88. The Kier molecular flexibility index (Phi) is 4.53. The van der Waals surface area contributed by atoms with Crippen LogP contribution in [0, 0.1) is 6.92 Å². The number of anilines is 1. The molecule has 1 aromatic carbocycles. The standard InChI is InChI=1S/C15H17N3OS/c1-10-2-7-13(14(16)20)15(18-10)17-9-8-11-3-5-12(19)6-4-11/h2-7,19H,8-9H2,1H3,(H2,16,20)(H,17,18). The molecule has 0 radical (unpaired) electrons. The van der Waals surface area contributed by atoms with E-state index in [4.69, 9.17) is 18.0 Å². The molecule has 4 N–H and O–H groups in total. The van der Waals surface area contributed by atoms with Gasteiger partial charge in [0, 0.05) is 12.2 Å². The number of benzene rings is 1. The fourth-order valence-corrected chi connectivity index (χ4v) is 2.04. The zero-order valence-electron chi connectivity index (χ0n) is 11.3. The predicted octanol–water partition coefficient (Wildman–Crippen LogP) is 2.38. The number of nitrogens with two attached hydrogens (primary N) is 1. The molecule has 20 heavy (non-hydrogen) atoms.